The van der Waals surface area contributed by atoms with Crippen molar-refractivity contribution in [2.24, 2.45) is 0 Å². The van der Waals surface area contributed by atoms with E-state index in [1.165, 1.54) is 6.20 Å². The second-order valence-electron chi connectivity index (χ2n) is 5.66. The molecule has 3 heterocycles. The lowest BCUT2D eigenvalue weighted by molar-refractivity contribution is -0.136. The summed E-state index contributed by atoms with van der Waals surface area (Å²) in [4.78, 5) is 4.22. The van der Waals surface area contributed by atoms with Gasteiger partial charge in [-0.05, 0) is 25.8 Å². The molecule has 23 heavy (non-hydrogen) atoms. The van der Waals surface area contributed by atoms with E-state index in [1.54, 1.807) is 10.9 Å². The molecule has 0 radical (unpaired) electrons. The number of fused-ring (bicyclic) bond motifs is 1. The molecule has 1 aliphatic carbocycles. The number of nitrogens with zero attached hydrogens (tertiary/aromatic N) is 4. The Morgan fingerprint density at radius 1 is 1.35 bits per heavy atom. The molecule has 3 aromatic heterocycles. The molecular formula is C15H13F3N4O. The van der Waals surface area contributed by atoms with Gasteiger partial charge >= 0.3 is 6.18 Å². The standard InChI is InChI=1S/C15H13F3N4O/c1-2-22-7-9(6-19-22)11-5-10(15(16,17)18)12-13(8-3-4-8)21-23-14(12)20-11/h5-8H,2-4H2,1H3. The van der Waals surface area contributed by atoms with Gasteiger partial charge in [-0.15, -0.1) is 0 Å². The second-order valence-corrected chi connectivity index (χ2v) is 5.66. The van der Waals surface area contributed by atoms with Gasteiger partial charge in [-0.1, -0.05) is 5.16 Å². The van der Waals surface area contributed by atoms with Crippen molar-refractivity contribution in [3.05, 3.63) is 29.7 Å². The molecular weight excluding hydrogens is 309 g/mol. The number of halogens is 3. The van der Waals surface area contributed by atoms with E-state index in [0.717, 1.165) is 18.9 Å². The Kier molecular flexibility index (Phi) is 2.97. The van der Waals surface area contributed by atoms with Crippen LogP contribution < -0.4 is 0 Å². The number of rotatable bonds is 3. The summed E-state index contributed by atoms with van der Waals surface area (Å²) in [6.45, 7) is 2.52. The van der Waals surface area contributed by atoms with Gasteiger partial charge in [0.1, 0.15) is 0 Å². The van der Waals surface area contributed by atoms with Crippen LogP contribution in [0.3, 0.4) is 0 Å². The number of pyridine rings is 1. The van der Waals surface area contributed by atoms with Crippen molar-refractivity contribution in [2.45, 2.75) is 38.4 Å². The van der Waals surface area contributed by atoms with Crippen LogP contribution in [0.25, 0.3) is 22.4 Å². The Balaban J connectivity index is 1.94. The van der Waals surface area contributed by atoms with Gasteiger partial charge in [0.25, 0.3) is 5.71 Å². The van der Waals surface area contributed by atoms with E-state index in [0.29, 0.717) is 17.8 Å². The van der Waals surface area contributed by atoms with E-state index in [-0.39, 0.29) is 22.7 Å². The molecule has 3 aromatic rings. The van der Waals surface area contributed by atoms with Gasteiger partial charge in [0.2, 0.25) is 0 Å². The van der Waals surface area contributed by atoms with E-state index in [2.05, 4.69) is 15.2 Å². The SMILES string of the molecule is CCn1cc(-c2cc(C(F)(F)F)c3c(C4CC4)noc3n2)cn1. The first-order chi connectivity index (χ1) is 11.0. The molecule has 0 N–H and O–H groups in total. The zero-order valence-corrected chi connectivity index (χ0v) is 12.3. The van der Waals surface area contributed by atoms with Gasteiger partial charge < -0.3 is 4.52 Å². The molecule has 0 bridgehead atoms. The van der Waals surface area contributed by atoms with Crippen molar-refractivity contribution >= 4 is 11.1 Å². The second kappa shape index (κ2) is 4.81. The van der Waals surface area contributed by atoms with Crippen molar-refractivity contribution in [3.8, 4) is 11.3 Å². The summed E-state index contributed by atoms with van der Waals surface area (Å²) in [5.74, 6) is 0.0489. The normalized spacial score (nSPS) is 15.5. The predicted molar refractivity (Wildman–Crippen MR) is 75.7 cm³/mol. The first kappa shape index (κ1) is 14.2. The third-order valence-electron chi connectivity index (χ3n) is 4.00. The molecule has 0 atom stereocenters. The molecule has 0 amide bonds. The Hall–Kier alpha value is -2.38. The maximum atomic E-state index is 13.5. The molecule has 1 aliphatic rings. The van der Waals surface area contributed by atoms with Gasteiger partial charge in [0, 0.05) is 24.2 Å². The summed E-state index contributed by atoms with van der Waals surface area (Å²) in [6, 6.07) is 1.06. The molecule has 1 saturated carbocycles. The highest BCUT2D eigenvalue weighted by Crippen LogP contribution is 2.46. The van der Waals surface area contributed by atoms with E-state index in [1.807, 2.05) is 6.92 Å². The van der Waals surface area contributed by atoms with Crippen LogP contribution >= 0.6 is 0 Å². The lowest BCUT2D eigenvalue weighted by Crippen LogP contribution is -2.07. The predicted octanol–water partition coefficient (Wildman–Crippen LogP) is 4.00. The van der Waals surface area contributed by atoms with Crippen molar-refractivity contribution < 1.29 is 17.7 Å². The summed E-state index contributed by atoms with van der Waals surface area (Å²) in [6.07, 6.45) is 0.336. The Bertz CT molecular complexity index is 877. The van der Waals surface area contributed by atoms with Crippen LogP contribution in [0.5, 0.6) is 0 Å². The molecule has 0 unspecified atom stereocenters. The Labute approximate surface area is 129 Å². The van der Waals surface area contributed by atoms with E-state index in [4.69, 9.17) is 4.52 Å². The highest BCUT2D eigenvalue weighted by atomic mass is 19.4. The lowest BCUT2D eigenvalue weighted by atomic mass is 10.1. The van der Waals surface area contributed by atoms with Crippen LogP contribution in [0.2, 0.25) is 0 Å². The molecule has 1 fully saturated rings. The molecule has 0 saturated heterocycles. The Morgan fingerprint density at radius 3 is 2.74 bits per heavy atom. The summed E-state index contributed by atoms with van der Waals surface area (Å²) >= 11 is 0. The van der Waals surface area contributed by atoms with Gasteiger partial charge in [-0.3, -0.25) is 4.68 Å². The maximum absolute atomic E-state index is 13.5. The van der Waals surface area contributed by atoms with Crippen LogP contribution in [-0.2, 0) is 12.7 Å². The minimum Gasteiger partial charge on any atom is -0.335 e. The molecule has 0 aliphatic heterocycles. The topological polar surface area (TPSA) is 56.7 Å². The van der Waals surface area contributed by atoms with Gasteiger partial charge in [0.15, 0.2) is 0 Å². The first-order valence-electron chi connectivity index (χ1n) is 7.37. The van der Waals surface area contributed by atoms with Crippen LogP contribution in [0.4, 0.5) is 13.2 Å². The largest absolute Gasteiger partial charge is 0.417 e. The molecule has 0 aromatic carbocycles. The molecule has 4 rings (SSSR count). The van der Waals surface area contributed by atoms with Gasteiger partial charge in [-0.25, -0.2) is 4.98 Å². The average Bonchev–Trinajstić information content (AvgIpc) is 3.09. The van der Waals surface area contributed by atoms with Crippen LogP contribution in [0.1, 0.15) is 36.9 Å². The third-order valence-corrected chi connectivity index (χ3v) is 4.00. The van der Waals surface area contributed by atoms with Crippen molar-refractivity contribution in [3.63, 3.8) is 0 Å². The molecule has 5 nitrogen and oxygen atoms in total. The fourth-order valence-electron chi connectivity index (χ4n) is 2.65. The third kappa shape index (κ3) is 2.38. The monoisotopic (exact) mass is 322 g/mol. The highest BCUT2D eigenvalue weighted by Gasteiger charge is 2.39. The van der Waals surface area contributed by atoms with Gasteiger partial charge in [-0.2, -0.15) is 18.3 Å². The van der Waals surface area contributed by atoms with Crippen molar-refractivity contribution in [1.29, 1.82) is 0 Å². The highest BCUT2D eigenvalue weighted by molar-refractivity contribution is 5.84. The zero-order valence-electron chi connectivity index (χ0n) is 12.3. The van der Waals surface area contributed by atoms with Gasteiger partial charge in [0.05, 0.1) is 28.5 Å². The minimum absolute atomic E-state index is 0.00775. The molecule has 8 heteroatoms. The minimum atomic E-state index is -4.49. The Morgan fingerprint density at radius 2 is 2.13 bits per heavy atom. The zero-order chi connectivity index (χ0) is 16.2. The van der Waals surface area contributed by atoms with Crippen LogP contribution in [-0.4, -0.2) is 19.9 Å². The number of aryl methyl sites for hydroxylation is 1. The quantitative estimate of drug-likeness (QED) is 0.731. The number of hydrogen-bond donors (Lipinski definition) is 0. The van der Waals surface area contributed by atoms with E-state index in [9.17, 15) is 13.2 Å². The summed E-state index contributed by atoms with van der Waals surface area (Å²) in [7, 11) is 0. The molecule has 120 valence electrons. The van der Waals surface area contributed by atoms with Crippen molar-refractivity contribution in [2.75, 3.05) is 0 Å². The number of alkyl halides is 3. The maximum Gasteiger partial charge on any atom is 0.417 e. The first-order valence-corrected chi connectivity index (χ1v) is 7.37. The van der Waals surface area contributed by atoms with E-state index < -0.39 is 11.7 Å². The van der Waals surface area contributed by atoms with E-state index >= 15 is 0 Å². The summed E-state index contributed by atoms with van der Waals surface area (Å²) in [5, 5.41) is 7.90. The summed E-state index contributed by atoms with van der Waals surface area (Å²) in [5.41, 5.74) is 0.258. The van der Waals surface area contributed by atoms with Crippen LogP contribution in [0.15, 0.2) is 23.0 Å². The van der Waals surface area contributed by atoms with Crippen molar-refractivity contribution in [1.82, 2.24) is 19.9 Å². The lowest BCUT2D eigenvalue weighted by Gasteiger charge is -2.09. The average molecular weight is 322 g/mol. The fraction of sp³-hybridized carbons (Fsp3) is 0.400. The van der Waals surface area contributed by atoms with Crippen LogP contribution in [0, 0.1) is 0 Å². The molecule has 0 spiro atoms. The summed E-state index contributed by atoms with van der Waals surface area (Å²) < 4.78 is 47.2. The smallest absolute Gasteiger partial charge is 0.335 e. The number of aromatic nitrogens is 4. The fourth-order valence-corrected chi connectivity index (χ4v) is 2.65. The number of hydrogen-bond acceptors (Lipinski definition) is 4.